The van der Waals surface area contributed by atoms with Gasteiger partial charge in [-0.15, -0.1) is 5.10 Å². The number of halogens is 1. The maximum atomic E-state index is 5.78. The summed E-state index contributed by atoms with van der Waals surface area (Å²) in [5.74, 6) is 0.329. The van der Waals surface area contributed by atoms with Gasteiger partial charge < -0.3 is 5.73 Å². The van der Waals surface area contributed by atoms with Gasteiger partial charge >= 0.3 is 0 Å². The van der Waals surface area contributed by atoms with E-state index >= 15 is 0 Å². The lowest BCUT2D eigenvalue weighted by Crippen LogP contribution is -2.14. The highest BCUT2D eigenvalue weighted by Crippen LogP contribution is 2.16. The van der Waals surface area contributed by atoms with E-state index in [1.807, 2.05) is 0 Å². The average Bonchev–Trinajstić information content (AvgIpc) is 2.33. The highest BCUT2D eigenvalue weighted by atomic mass is 35.5. The number of aromatic nitrogens is 2. The smallest absolute Gasteiger partial charge is 0.151 e. The van der Waals surface area contributed by atoms with Crippen LogP contribution in [0.5, 0.6) is 0 Å². The van der Waals surface area contributed by atoms with Gasteiger partial charge in [0, 0.05) is 11.2 Å². The molecule has 0 saturated heterocycles. The van der Waals surface area contributed by atoms with Crippen molar-refractivity contribution in [2.45, 2.75) is 0 Å². The topological polar surface area (TPSA) is 64.2 Å². The van der Waals surface area contributed by atoms with Crippen LogP contribution in [-0.2, 0) is 0 Å². The Bertz CT molecular complexity index is 493. The van der Waals surface area contributed by atoms with Gasteiger partial charge in [-0.1, -0.05) is 11.6 Å². The summed E-state index contributed by atoms with van der Waals surface area (Å²) in [7, 11) is 0. The summed E-state index contributed by atoms with van der Waals surface area (Å²) in [6, 6.07) is 10.6. The molecule has 0 aliphatic rings. The van der Waals surface area contributed by atoms with Crippen LogP contribution in [0.4, 0.5) is 5.69 Å². The fraction of sp³-hybridized carbons (Fsp3) is 0. The second-order valence-corrected chi connectivity index (χ2v) is 3.52. The van der Waals surface area contributed by atoms with Gasteiger partial charge in [0.15, 0.2) is 5.84 Å². The summed E-state index contributed by atoms with van der Waals surface area (Å²) in [5, 5.41) is 8.25. The van der Waals surface area contributed by atoms with E-state index < -0.39 is 0 Å². The molecule has 0 unspecified atom stereocenters. The SMILES string of the molecule is NC(=Nc1ccc(Cl)cc1)c1cccnn1. The van der Waals surface area contributed by atoms with Crippen LogP contribution in [0.1, 0.15) is 5.69 Å². The Morgan fingerprint density at radius 2 is 1.94 bits per heavy atom. The van der Waals surface area contributed by atoms with E-state index in [1.54, 1.807) is 42.6 Å². The number of hydrogen-bond donors (Lipinski definition) is 1. The molecule has 80 valence electrons. The third kappa shape index (κ3) is 2.55. The summed E-state index contributed by atoms with van der Waals surface area (Å²) in [5.41, 5.74) is 7.06. The fourth-order valence-corrected chi connectivity index (χ4v) is 1.28. The number of aliphatic imine (C=N–C) groups is 1. The molecule has 0 radical (unpaired) electrons. The van der Waals surface area contributed by atoms with Crippen LogP contribution in [0.2, 0.25) is 5.02 Å². The first-order valence-electron chi connectivity index (χ1n) is 4.63. The molecular weight excluding hydrogens is 224 g/mol. The van der Waals surface area contributed by atoms with E-state index in [0.29, 0.717) is 16.6 Å². The summed E-state index contributed by atoms with van der Waals surface area (Å²) >= 11 is 5.76. The number of hydrogen-bond acceptors (Lipinski definition) is 3. The van der Waals surface area contributed by atoms with Crippen molar-refractivity contribution in [3.63, 3.8) is 0 Å². The first-order chi connectivity index (χ1) is 7.75. The molecule has 1 aromatic heterocycles. The molecule has 16 heavy (non-hydrogen) atoms. The van der Waals surface area contributed by atoms with Gasteiger partial charge in [-0.05, 0) is 36.4 Å². The number of benzene rings is 1. The Balaban J connectivity index is 2.28. The molecule has 4 nitrogen and oxygen atoms in total. The molecule has 2 N–H and O–H groups in total. The fourth-order valence-electron chi connectivity index (χ4n) is 1.15. The van der Waals surface area contributed by atoms with Crippen molar-refractivity contribution < 1.29 is 0 Å². The molecule has 1 heterocycles. The molecule has 0 bridgehead atoms. The standard InChI is InChI=1S/C11H9ClN4/c12-8-3-5-9(6-4-8)15-11(13)10-2-1-7-14-16-10/h1-7H,(H2,13,15). The van der Waals surface area contributed by atoms with Gasteiger partial charge in [-0.25, -0.2) is 4.99 Å². The van der Waals surface area contributed by atoms with E-state index in [2.05, 4.69) is 15.2 Å². The quantitative estimate of drug-likeness (QED) is 0.638. The lowest BCUT2D eigenvalue weighted by atomic mass is 10.3. The van der Waals surface area contributed by atoms with Crippen molar-refractivity contribution in [2.75, 3.05) is 0 Å². The highest BCUT2D eigenvalue weighted by molar-refractivity contribution is 6.30. The van der Waals surface area contributed by atoms with Crippen molar-refractivity contribution in [3.05, 3.63) is 53.3 Å². The maximum Gasteiger partial charge on any atom is 0.151 e. The van der Waals surface area contributed by atoms with Gasteiger partial charge in [-0.3, -0.25) is 0 Å². The van der Waals surface area contributed by atoms with Gasteiger partial charge in [-0.2, -0.15) is 5.10 Å². The Morgan fingerprint density at radius 3 is 2.56 bits per heavy atom. The Kier molecular flexibility index (Phi) is 3.12. The number of amidine groups is 1. The number of rotatable bonds is 2. The largest absolute Gasteiger partial charge is 0.382 e. The van der Waals surface area contributed by atoms with Crippen molar-refractivity contribution in [1.82, 2.24) is 10.2 Å². The predicted molar refractivity (Wildman–Crippen MR) is 63.9 cm³/mol. The van der Waals surface area contributed by atoms with Crippen molar-refractivity contribution >= 4 is 23.1 Å². The van der Waals surface area contributed by atoms with E-state index in [4.69, 9.17) is 17.3 Å². The Hall–Kier alpha value is -1.94. The first kappa shape index (κ1) is 10.6. The van der Waals surface area contributed by atoms with Crippen molar-refractivity contribution in [3.8, 4) is 0 Å². The van der Waals surface area contributed by atoms with Gasteiger partial charge in [0.1, 0.15) is 5.69 Å². The molecule has 0 aliphatic carbocycles. The Morgan fingerprint density at radius 1 is 1.19 bits per heavy atom. The van der Waals surface area contributed by atoms with Crippen LogP contribution >= 0.6 is 11.6 Å². The normalized spacial score (nSPS) is 11.4. The van der Waals surface area contributed by atoms with Crippen LogP contribution in [0.3, 0.4) is 0 Å². The summed E-state index contributed by atoms with van der Waals surface area (Å²) in [6.45, 7) is 0. The third-order valence-electron chi connectivity index (χ3n) is 1.91. The van der Waals surface area contributed by atoms with Gasteiger partial charge in [0.2, 0.25) is 0 Å². The average molecular weight is 233 g/mol. The van der Waals surface area contributed by atoms with Crippen LogP contribution in [-0.4, -0.2) is 16.0 Å². The number of nitrogens with zero attached hydrogens (tertiary/aromatic N) is 3. The summed E-state index contributed by atoms with van der Waals surface area (Å²) in [4.78, 5) is 4.20. The minimum absolute atomic E-state index is 0.329. The molecule has 1 aromatic carbocycles. The lowest BCUT2D eigenvalue weighted by molar-refractivity contribution is 1.01. The zero-order valence-electron chi connectivity index (χ0n) is 8.34. The molecule has 0 amide bonds. The molecule has 5 heteroatoms. The van der Waals surface area contributed by atoms with Gasteiger partial charge in [0.05, 0.1) is 5.69 Å². The molecule has 0 saturated carbocycles. The van der Waals surface area contributed by atoms with Crippen LogP contribution in [0.25, 0.3) is 0 Å². The monoisotopic (exact) mass is 232 g/mol. The molecule has 2 aromatic rings. The predicted octanol–water partition coefficient (Wildman–Crippen LogP) is 2.17. The Labute approximate surface area is 97.8 Å². The molecule has 0 spiro atoms. The maximum absolute atomic E-state index is 5.78. The molecule has 2 rings (SSSR count). The van der Waals surface area contributed by atoms with Crippen molar-refractivity contribution in [1.29, 1.82) is 0 Å². The van der Waals surface area contributed by atoms with E-state index in [9.17, 15) is 0 Å². The minimum Gasteiger partial charge on any atom is -0.382 e. The lowest BCUT2D eigenvalue weighted by Gasteiger charge is -1.98. The molecular formula is C11H9ClN4. The second kappa shape index (κ2) is 4.72. The van der Waals surface area contributed by atoms with Crippen LogP contribution in [0.15, 0.2) is 47.6 Å². The van der Waals surface area contributed by atoms with Crippen LogP contribution < -0.4 is 5.73 Å². The van der Waals surface area contributed by atoms with Gasteiger partial charge in [0.25, 0.3) is 0 Å². The zero-order valence-corrected chi connectivity index (χ0v) is 9.09. The molecule has 0 fully saturated rings. The molecule has 0 atom stereocenters. The van der Waals surface area contributed by atoms with E-state index in [0.717, 1.165) is 5.69 Å². The van der Waals surface area contributed by atoms with Crippen molar-refractivity contribution in [2.24, 2.45) is 10.7 Å². The van der Waals surface area contributed by atoms with E-state index in [-0.39, 0.29) is 0 Å². The highest BCUT2D eigenvalue weighted by Gasteiger charge is 1.99. The van der Waals surface area contributed by atoms with Crippen LogP contribution in [0, 0.1) is 0 Å². The second-order valence-electron chi connectivity index (χ2n) is 3.08. The summed E-state index contributed by atoms with van der Waals surface area (Å²) < 4.78 is 0. The van der Waals surface area contributed by atoms with E-state index in [1.165, 1.54) is 0 Å². The third-order valence-corrected chi connectivity index (χ3v) is 2.16. The minimum atomic E-state index is 0.329. The number of nitrogens with two attached hydrogens (primary N) is 1. The zero-order chi connectivity index (χ0) is 11.4. The first-order valence-corrected chi connectivity index (χ1v) is 5.01. The summed E-state index contributed by atoms with van der Waals surface area (Å²) in [6.07, 6.45) is 1.58. The molecule has 0 aliphatic heterocycles.